The van der Waals surface area contributed by atoms with Crippen LogP contribution in [0.5, 0.6) is 0 Å². The molecule has 3 rings (SSSR count). The second-order valence-electron chi connectivity index (χ2n) is 5.27. The summed E-state index contributed by atoms with van der Waals surface area (Å²) >= 11 is 0. The largest absolute Gasteiger partial charge is 0.533 e. The molecule has 0 spiro atoms. The van der Waals surface area contributed by atoms with Crippen molar-refractivity contribution in [2.24, 2.45) is 17.8 Å². The standard InChI is InChI=1S/C13H15NO5/c15-11-3-4-12(16)14(11)19-13(17)18-7-10-6-8-1-2-9(10)5-8/h1-2,8-10H,3-7H2. The molecule has 0 aromatic carbocycles. The fraction of sp³-hybridized carbons (Fsp3) is 0.615. The number of amides is 2. The van der Waals surface area contributed by atoms with Crippen LogP contribution in [0.2, 0.25) is 0 Å². The van der Waals surface area contributed by atoms with Crippen molar-refractivity contribution in [3.05, 3.63) is 12.2 Å². The number of hydroxylamine groups is 2. The van der Waals surface area contributed by atoms with E-state index in [0.29, 0.717) is 22.8 Å². The van der Waals surface area contributed by atoms with Crippen molar-refractivity contribution < 1.29 is 24.0 Å². The van der Waals surface area contributed by atoms with Gasteiger partial charge in [0.2, 0.25) is 0 Å². The Balaban J connectivity index is 1.46. The molecule has 2 aliphatic carbocycles. The number of allylic oxidation sites excluding steroid dienone is 2. The molecule has 0 N–H and O–H groups in total. The SMILES string of the molecule is O=C(OCC1CC2C=CC1C2)ON1C(=O)CCC1=O. The third-order valence-electron chi connectivity index (χ3n) is 4.00. The Morgan fingerprint density at radius 1 is 1.21 bits per heavy atom. The molecular weight excluding hydrogens is 250 g/mol. The van der Waals surface area contributed by atoms with Gasteiger partial charge in [-0.3, -0.25) is 14.4 Å². The van der Waals surface area contributed by atoms with Crippen molar-refractivity contribution in [3.63, 3.8) is 0 Å². The molecule has 0 aromatic rings. The summed E-state index contributed by atoms with van der Waals surface area (Å²) in [6.45, 7) is 0.278. The van der Waals surface area contributed by atoms with Gasteiger partial charge >= 0.3 is 6.16 Å². The van der Waals surface area contributed by atoms with E-state index >= 15 is 0 Å². The number of hydrogen-bond donors (Lipinski definition) is 0. The lowest BCUT2D eigenvalue weighted by Crippen LogP contribution is -2.33. The number of carbonyl (C=O) groups excluding carboxylic acids is 3. The first-order valence-electron chi connectivity index (χ1n) is 6.52. The highest BCUT2D eigenvalue weighted by molar-refractivity contribution is 6.01. The average Bonchev–Trinajstić information content (AvgIpc) is 3.08. The number of ether oxygens (including phenoxy) is 1. The van der Waals surface area contributed by atoms with Crippen LogP contribution in [-0.2, 0) is 19.2 Å². The Bertz CT molecular complexity index is 442. The quantitative estimate of drug-likeness (QED) is 0.438. The maximum Gasteiger partial charge on any atom is 0.533 e. The molecule has 1 saturated heterocycles. The van der Waals surface area contributed by atoms with Crippen LogP contribution in [0.15, 0.2) is 12.2 Å². The van der Waals surface area contributed by atoms with E-state index in [4.69, 9.17) is 4.74 Å². The maximum atomic E-state index is 11.4. The second-order valence-corrected chi connectivity index (χ2v) is 5.27. The molecule has 0 radical (unpaired) electrons. The van der Waals surface area contributed by atoms with E-state index in [2.05, 4.69) is 17.0 Å². The van der Waals surface area contributed by atoms with Gasteiger partial charge in [-0.1, -0.05) is 17.2 Å². The number of carbonyl (C=O) groups is 3. The summed E-state index contributed by atoms with van der Waals surface area (Å²) in [4.78, 5) is 38.6. The monoisotopic (exact) mass is 265 g/mol. The number of hydrogen-bond acceptors (Lipinski definition) is 5. The Hall–Kier alpha value is -1.85. The van der Waals surface area contributed by atoms with Gasteiger partial charge in [0, 0.05) is 18.8 Å². The number of rotatable bonds is 3. The minimum absolute atomic E-state index is 0.0866. The van der Waals surface area contributed by atoms with Crippen LogP contribution in [0.1, 0.15) is 25.7 Å². The lowest BCUT2D eigenvalue weighted by Gasteiger charge is -2.18. The molecule has 3 atom stereocenters. The maximum absolute atomic E-state index is 11.4. The molecular formula is C13H15NO5. The van der Waals surface area contributed by atoms with E-state index in [1.807, 2.05) is 0 Å². The first-order chi connectivity index (χ1) is 9.13. The van der Waals surface area contributed by atoms with E-state index in [-0.39, 0.29) is 19.4 Å². The Kier molecular flexibility index (Phi) is 3.00. The molecule has 3 unspecified atom stereocenters. The summed E-state index contributed by atoms with van der Waals surface area (Å²) in [5.74, 6) is 0.423. The summed E-state index contributed by atoms with van der Waals surface area (Å²) in [7, 11) is 0. The topological polar surface area (TPSA) is 72.9 Å². The molecule has 1 aliphatic heterocycles. The van der Waals surface area contributed by atoms with Crippen LogP contribution in [0.3, 0.4) is 0 Å². The van der Waals surface area contributed by atoms with E-state index in [1.54, 1.807) is 0 Å². The van der Waals surface area contributed by atoms with Crippen LogP contribution in [0.4, 0.5) is 4.79 Å². The van der Waals surface area contributed by atoms with E-state index in [0.717, 1.165) is 12.8 Å². The molecule has 102 valence electrons. The van der Waals surface area contributed by atoms with Gasteiger partial charge in [-0.15, -0.1) is 0 Å². The predicted molar refractivity (Wildman–Crippen MR) is 62.4 cm³/mol. The third-order valence-corrected chi connectivity index (χ3v) is 4.00. The highest BCUT2D eigenvalue weighted by Gasteiger charge is 2.37. The summed E-state index contributed by atoms with van der Waals surface area (Å²) in [6.07, 6.45) is 5.73. The van der Waals surface area contributed by atoms with Crippen molar-refractivity contribution >= 4 is 18.0 Å². The van der Waals surface area contributed by atoms with Gasteiger partial charge in [-0.2, -0.15) is 0 Å². The van der Waals surface area contributed by atoms with Crippen molar-refractivity contribution in [2.75, 3.05) is 6.61 Å². The molecule has 0 aromatic heterocycles. The van der Waals surface area contributed by atoms with Crippen molar-refractivity contribution in [1.29, 1.82) is 0 Å². The molecule has 6 heteroatoms. The molecule has 1 heterocycles. The smallest absolute Gasteiger partial charge is 0.432 e. The summed E-state index contributed by atoms with van der Waals surface area (Å²) in [5, 5.41) is 0.503. The molecule has 19 heavy (non-hydrogen) atoms. The molecule has 6 nitrogen and oxygen atoms in total. The van der Waals surface area contributed by atoms with Crippen LogP contribution < -0.4 is 0 Å². The number of fused-ring (bicyclic) bond motifs is 2. The normalized spacial score (nSPS) is 32.2. The third kappa shape index (κ3) is 2.34. The number of nitrogens with zero attached hydrogens (tertiary/aromatic N) is 1. The van der Waals surface area contributed by atoms with Gasteiger partial charge < -0.3 is 4.74 Å². The first kappa shape index (κ1) is 12.2. The van der Waals surface area contributed by atoms with Crippen molar-refractivity contribution in [3.8, 4) is 0 Å². The highest BCUT2D eigenvalue weighted by atomic mass is 16.8. The van der Waals surface area contributed by atoms with Gasteiger partial charge in [0.25, 0.3) is 11.8 Å². The minimum atomic E-state index is -0.977. The van der Waals surface area contributed by atoms with E-state index in [9.17, 15) is 14.4 Å². The molecule has 2 amide bonds. The Morgan fingerprint density at radius 3 is 2.53 bits per heavy atom. The molecule has 2 bridgehead atoms. The van der Waals surface area contributed by atoms with Gasteiger partial charge in [0.1, 0.15) is 0 Å². The fourth-order valence-corrected chi connectivity index (χ4v) is 3.02. The van der Waals surface area contributed by atoms with Gasteiger partial charge in [0.15, 0.2) is 0 Å². The van der Waals surface area contributed by atoms with Crippen LogP contribution in [0.25, 0.3) is 0 Å². The van der Waals surface area contributed by atoms with Crippen molar-refractivity contribution in [2.45, 2.75) is 25.7 Å². The first-order valence-corrected chi connectivity index (χ1v) is 6.52. The summed E-state index contributed by atoms with van der Waals surface area (Å²) in [6, 6.07) is 0. The molecule has 1 saturated carbocycles. The highest BCUT2D eigenvalue weighted by Crippen LogP contribution is 2.43. The zero-order chi connectivity index (χ0) is 13.4. The fourth-order valence-electron chi connectivity index (χ4n) is 3.02. The Labute approximate surface area is 110 Å². The predicted octanol–water partition coefficient (Wildman–Crippen LogP) is 1.42. The summed E-state index contributed by atoms with van der Waals surface area (Å²) < 4.78 is 5.00. The lowest BCUT2D eigenvalue weighted by atomic mass is 9.95. The Morgan fingerprint density at radius 2 is 1.95 bits per heavy atom. The molecule has 3 aliphatic rings. The van der Waals surface area contributed by atoms with Crippen molar-refractivity contribution in [1.82, 2.24) is 5.06 Å². The van der Waals surface area contributed by atoms with Crippen LogP contribution >= 0.6 is 0 Å². The van der Waals surface area contributed by atoms with Gasteiger partial charge in [-0.25, -0.2) is 4.79 Å². The van der Waals surface area contributed by atoms with E-state index in [1.165, 1.54) is 0 Å². The zero-order valence-electron chi connectivity index (χ0n) is 10.4. The van der Waals surface area contributed by atoms with Crippen LogP contribution in [0, 0.1) is 17.8 Å². The summed E-state index contributed by atoms with van der Waals surface area (Å²) in [5.41, 5.74) is 0. The average molecular weight is 265 g/mol. The van der Waals surface area contributed by atoms with Gasteiger partial charge in [-0.05, 0) is 24.7 Å². The van der Waals surface area contributed by atoms with Gasteiger partial charge in [0.05, 0.1) is 6.61 Å². The zero-order valence-corrected chi connectivity index (χ0v) is 10.4. The molecule has 2 fully saturated rings. The second kappa shape index (κ2) is 4.68. The van der Waals surface area contributed by atoms with E-state index < -0.39 is 18.0 Å². The minimum Gasteiger partial charge on any atom is -0.432 e. The number of imide groups is 1. The van der Waals surface area contributed by atoms with Crippen LogP contribution in [-0.4, -0.2) is 29.6 Å². The lowest BCUT2D eigenvalue weighted by molar-refractivity contribution is -0.177.